The number of carbonyl (C=O) groups is 1. The normalized spacial score (nSPS) is 11.7. The number of aromatic nitrogens is 1. The summed E-state index contributed by atoms with van der Waals surface area (Å²) in [5, 5.41) is 9.17. The van der Waals surface area contributed by atoms with E-state index in [0.29, 0.717) is 0 Å². The molecule has 0 radical (unpaired) electrons. The zero-order valence-corrected chi connectivity index (χ0v) is 8.76. The second kappa shape index (κ2) is 4.75. The molecule has 0 bridgehead atoms. The van der Waals surface area contributed by atoms with Crippen molar-refractivity contribution in [2.75, 3.05) is 7.11 Å². The Kier molecular flexibility index (Phi) is 3.73. The molecular weight excluding hydrogens is 265 g/mol. The fourth-order valence-electron chi connectivity index (χ4n) is 1.16. The van der Waals surface area contributed by atoms with Crippen LogP contribution in [0.2, 0.25) is 0 Å². The average molecular weight is 271 g/mol. The van der Waals surface area contributed by atoms with Gasteiger partial charge in [-0.3, -0.25) is 0 Å². The van der Waals surface area contributed by atoms with Crippen molar-refractivity contribution in [3.05, 3.63) is 23.0 Å². The molecule has 0 saturated carbocycles. The molecule has 1 aromatic heterocycles. The lowest BCUT2D eigenvalue weighted by Crippen LogP contribution is -2.16. The molecule has 1 N–H and O–H groups in total. The summed E-state index contributed by atoms with van der Waals surface area (Å²) in [4.78, 5) is 13.7. The summed E-state index contributed by atoms with van der Waals surface area (Å²) >= 11 is 0. The summed E-state index contributed by atoms with van der Waals surface area (Å²) in [5.74, 6) is -2.47. The molecule has 1 rings (SSSR count). The van der Waals surface area contributed by atoms with Crippen LogP contribution in [-0.2, 0) is 10.9 Å². The van der Waals surface area contributed by atoms with Crippen molar-refractivity contribution in [2.45, 2.75) is 12.6 Å². The second-order valence-corrected chi connectivity index (χ2v) is 3.08. The Hall–Kier alpha value is -1.93. The predicted molar refractivity (Wildman–Crippen MR) is 47.2 cm³/mol. The van der Waals surface area contributed by atoms with Crippen LogP contribution in [0.5, 0.6) is 5.75 Å². The smallest absolute Gasteiger partial charge is 0.433 e. The van der Waals surface area contributed by atoms with Crippen molar-refractivity contribution in [1.82, 2.24) is 4.98 Å². The van der Waals surface area contributed by atoms with Gasteiger partial charge >= 0.3 is 12.1 Å². The fourth-order valence-corrected chi connectivity index (χ4v) is 1.16. The van der Waals surface area contributed by atoms with Crippen LogP contribution in [0.15, 0.2) is 6.07 Å². The minimum absolute atomic E-state index is 0.146. The van der Waals surface area contributed by atoms with Crippen LogP contribution in [-0.4, -0.2) is 23.2 Å². The summed E-state index contributed by atoms with van der Waals surface area (Å²) in [6.45, 7) is 0. The molecular formula is C9H6F5NO3. The first-order valence-corrected chi connectivity index (χ1v) is 4.36. The lowest BCUT2D eigenvalue weighted by Gasteiger charge is -2.13. The lowest BCUT2D eigenvalue weighted by atomic mass is 10.1. The topological polar surface area (TPSA) is 59.4 Å². The Balaban J connectivity index is 3.51. The van der Waals surface area contributed by atoms with Crippen molar-refractivity contribution in [1.29, 1.82) is 0 Å². The minimum atomic E-state index is -5.18. The first-order chi connectivity index (χ1) is 8.18. The molecule has 0 aliphatic heterocycles. The van der Waals surface area contributed by atoms with Crippen LogP contribution in [0.3, 0.4) is 0 Å². The maximum Gasteiger partial charge on any atom is 0.433 e. The molecule has 9 heteroatoms. The molecule has 0 fully saturated rings. The van der Waals surface area contributed by atoms with Crippen molar-refractivity contribution < 1.29 is 36.6 Å². The number of pyridine rings is 1. The number of halogens is 5. The Morgan fingerprint density at radius 2 is 2.00 bits per heavy atom. The lowest BCUT2D eigenvalue weighted by molar-refractivity contribution is -0.143. The Morgan fingerprint density at radius 3 is 2.39 bits per heavy atom. The summed E-state index contributed by atoms with van der Waals surface area (Å²) in [6, 6.07) is 0.146. The number of hydrogen-bond acceptors (Lipinski definition) is 4. The molecule has 0 spiro atoms. The zero-order chi connectivity index (χ0) is 14.1. The third kappa shape index (κ3) is 2.66. The Morgan fingerprint density at radius 1 is 1.44 bits per heavy atom. The molecule has 100 valence electrons. The summed E-state index contributed by atoms with van der Waals surface area (Å²) < 4.78 is 66.2. The van der Waals surface area contributed by atoms with E-state index in [4.69, 9.17) is 5.11 Å². The quantitative estimate of drug-likeness (QED) is 0.663. The van der Waals surface area contributed by atoms with Crippen LogP contribution in [0, 0.1) is 0 Å². The first kappa shape index (κ1) is 14.1. The van der Waals surface area contributed by atoms with Crippen molar-refractivity contribution >= 4 is 5.97 Å². The number of methoxy groups -OCH3 is 1. The van der Waals surface area contributed by atoms with Gasteiger partial charge in [0, 0.05) is 0 Å². The van der Waals surface area contributed by atoms with Gasteiger partial charge in [-0.1, -0.05) is 0 Å². The standard InChI is InChI=1S/C9H6F5NO3/c1-18-8(17)5-4(16)2-3(7(10)11)6(15-5)9(12,13)14/h2,7,16H,1H3. The monoisotopic (exact) mass is 271 g/mol. The van der Waals surface area contributed by atoms with Crippen LogP contribution in [0.1, 0.15) is 28.2 Å². The van der Waals surface area contributed by atoms with E-state index in [1.807, 2.05) is 0 Å². The van der Waals surface area contributed by atoms with Crippen LogP contribution in [0.4, 0.5) is 22.0 Å². The molecule has 0 aromatic carbocycles. The zero-order valence-electron chi connectivity index (χ0n) is 8.76. The molecule has 0 aliphatic carbocycles. The molecule has 0 unspecified atom stereocenters. The fraction of sp³-hybridized carbons (Fsp3) is 0.333. The third-order valence-corrected chi connectivity index (χ3v) is 1.91. The van der Waals surface area contributed by atoms with Crippen LogP contribution in [0.25, 0.3) is 0 Å². The van der Waals surface area contributed by atoms with Gasteiger partial charge in [0.1, 0.15) is 5.75 Å². The highest BCUT2D eigenvalue weighted by Crippen LogP contribution is 2.37. The Labute approximate surface area is 97.0 Å². The van der Waals surface area contributed by atoms with Crippen LogP contribution >= 0.6 is 0 Å². The molecule has 0 atom stereocenters. The summed E-state index contributed by atoms with van der Waals surface area (Å²) in [7, 11) is 0.845. The van der Waals surface area contributed by atoms with E-state index in [9.17, 15) is 26.7 Å². The molecule has 0 aliphatic rings. The van der Waals surface area contributed by atoms with E-state index in [-0.39, 0.29) is 6.07 Å². The van der Waals surface area contributed by atoms with E-state index >= 15 is 0 Å². The number of rotatable bonds is 2. The molecule has 1 heterocycles. The minimum Gasteiger partial charge on any atom is -0.505 e. The molecule has 0 saturated heterocycles. The van der Waals surface area contributed by atoms with Gasteiger partial charge in [-0.2, -0.15) is 13.2 Å². The third-order valence-electron chi connectivity index (χ3n) is 1.91. The maximum atomic E-state index is 12.5. The number of nitrogens with zero attached hydrogens (tertiary/aromatic N) is 1. The van der Waals surface area contributed by atoms with Crippen molar-refractivity contribution in [3.8, 4) is 5.75 Å². The van der Waals surface area contributed by atoms with Gasteiger partial charge < -0.3 is 9.84 Å². The average Bonchev–Trinajstić information content (AvgIpc) is 2.25. The number of aromatic hydroxyl groups is 1. The summed E-state index contributed by atoms with van der Waals surface area (Å²) in [5.41, 5.74) is -4.52. The van der Waals surface area contributed by atoms with Gasteiger partial charge in [-0.15, -0.1) is 0 Å². The second-order valence-electron chi connectivity index (χ2n) is 3.08. The number of alkyl halides is 5. The number of ether oxygens (including phenoxy) is 1. The molecule has 0 amide bonds. The van der Waals surface area contributed by atoms with E-state index in [1.165, 1.54) is 0 Å². The Bertz CT molecular complexity index is 472. The van der Waals surface area contributed by atoms with Gasteiger partial charge in [-0.25, -0.2) is 18.6 Å². The maximum absolute atomic E-state index is 12.5. The van der Waals surface area contributed by atoms with E-state index in [0.717, 1.165) is 7.11 Å². The molecule has 18 heavy (non-hydrogen) atoms. The van der Waals surface area contributed by atoms with E-state index in [2.05, 4.69) is 9.72 Å². The SMILES string of the molecule is COC(=O)c1nc(C(F)(F)F)c(C(F)F)cc1O. The highest BCUT2D eigenvalue weighted by molar-refractivity contribution is 5.90. The first-order valence-electron chi connectivity index (χ1n) is 4.36. The van der Waals surface area contributed by atoms with Gasteiger partial charge in [-0.05, 0) is 6.07 Å². The van der Waals surface area contributed by atoms with E-state index in [1.54, 1.807) is 0 Å². The highest BCUT2D eigenvalue weighted by Gasteiger charge is 2.39. The number of carbonyl (C=O) groups excluding carboxylic acids is 1. The number of esters is 1. The van der Waals surface area contributed by atoms with Crippen LogP contribution < -0.4 is 0 Å². The predicted octanol–water partition coefficient (Wildman–Crippen LogP) is 2.53. The van der Waals surface area contributed by atoms with Crippen molar-refractivity contribution in [3.63, 3.8) is 0 Å². The molecule has 4 nitrogen and oxygen atoms in total. The number of hydrogen-bond donors (Lipinski definition) is 1. The van der Waals surface area contributed by atoms with Gasteiger partial charge in [0.2, 0.25) is 0 Å². The van der Waals surface area contributed by atoms with Gasteiger partial charge in [0.15, 0.2) is 11.4 Å². The van der Waals surface area contributed by atoms with E-state index < -0.39 is 41.3 Å². The highest BCUT2D eigenvalue weighted by atomic mass is 19.4. The largest absolute Gasteiger partial charge is 0.505 e. The van der Waals surface area contributed by atoms with Gasteiger partial charge in [0.25, 0.3) is 6.43 Å². The van der Waals surface area contributed by atoms with Gasteiger partial charge in [0.05, 0.1) is 12.7 Å². The molecule has 1 aromatic rings. The summed E-state index contributed by atoms with van der Waals surface area (Å²) in [6.07, 6.45) is -8.67. The van der Waals surface area contributed by atoms with Crippen molar-refractivity contribution in [2.24, 2.45) is 0 Å².